The molecule has 0 atom stereocenters. The number of hydrogen-bond acceptors (Lipinski definition) is 4. The minimum Gasteiger partial charge on any atom is -0.200 e. The number of benzene rings is 2. The quantitative estimate of drug-likeness (QED) is 0.337. The van der Waals surface area contributed by atoms with E-state index in [1.165, 1.54) is 36.4 Å². The van der Waals surface area contributed by atoms with Crippen molar-refractivity contribution in [3.8, 4) is 11.3 Å². The maximum absolute atomic E-state index is 13.2. The van der Waals surface area contributed by atoms with Crippen molar-refractivity contribution in [2.24, 2.45) is 5.11 Å². The molecule has 2 aromatic carbocycles. The Bertz CT molecular complexity index is 1170. The Morgan fingerprint density at radius 1 is 1.10 bits per heavy atom. The van der Waals surface area contributed by atoms with E-state index in [1.54, 1.807) is 18.2 Å². The third-order valence-electron chi connectivity index (χ3n) is 4.07. The summed E-state index contributed by atoms with van der Waals surface area (Å²) in [6, 6.07) is 14.4. The first-order valence-corrected chi connectivity index (χ1v) is 10.0. The Labute approximate surface area is 169 Å². The van der Waals surface area contributed by atoms with E-state index in [1.807, 2.05) is 0 Å². The first-order chi connectivity index (χ1) is 14.2. The number of halogens is 3. The van der Waals surface area contributed by atoms with Crippen LogP contribution in [0.1, 0.15) is 11.3 Å². The first kappa shape index (κ1) is 21.2. The van der Waals surface area contributed by atoms with Gasteiger partial charge in [-0.05, 0) is 35.7 Å². The summed E-state index contributed by atoms with van der Waals surface area (Å²) < 4.78 is 64.7. The molecule has 0 aliphatic carbocycles. The third kappa shape index (κ3) is 4.91. The lowest BCUT2D eigenvalue weighted by atomic mass is 10.1. The van der Waals surface area contributed by atoms with E-state index < -0.39 is 21.9 Å². The van der Waals surface area contributed by atoms with Crippen LogP contribution >= 0.6 is 0 Å². The highest BCUT2D eigenvalue weighted by Gasteiger charge is 2.35. The van der Waals surface area contributed by atoms with Gasteiger partial charge in [-0.2, -0.15) is 31.2 Å². The Kier molecular flexibility index (Phi) is 5.99. The van der Waals surface area contributed by atoms with Crippen LogP contribution in [0.2, 0.25) is 0 Å². The van der Waals surface area contributed by atoms with E-state index in [0.29, 0.717) is 16.8 Å². The number of hydrogen-bond donors (Lipinski definition) is 1. The van der Waals surface area contributed by atoms with E-state index in [9.17, 15) is 21.6 Å². The second-order valence-electron chi connectivity index (χ2n) is 6.13. The molecule has 156 valence electrons. The Balaban J connectivity index is 1.98. The summed E-state index contributed by atoms with van der Waals surface area (Å²) in [4.78, 5) is 5.21. The highest BCUT2D eigenvalue weighted by Crippen LogP contribution is 2.32. The molecule has 0 saturated heterocycles. The Hall–Kier alpha value is -3.50. The predicted octanol–water partition coefficient (Wildman–Crippen LogP) is 4.35. The summed E-state index contributed by atoms with van der Waals surface area (Å²) in [5.74, 6) is 0. The smallest absolute Gasteiger partial charge is 0.200 e. The average molecular weight is 436 g/mol. The van der Waals surface area contributed by atoms with Gasteiger partial charge in [0.1, 0.15) is 0 Å². The normalized spacial score (nSPS) is 11.7. The molecule has 0 spiro atoms. The molecule has 0 bridgehead atoms. The van der Waals surface area contributed by atoms with Crippen LogP contribution in [0.25, 0.3) is 21.7 Å². The lowest BCUT2D eigenvalue weighted by molar-refractivity contribution is -0.141. The number of sulfonamides is 1. The van der Waals surface area contributed by atoms with Gasteiger partial charge in [0.2, 0.25) is 0 Å². The molecule has 0 aliphatic heterocycles. The van der Waals surface area contributed by atoms with Crippen LogP contribution in [0.3, 0.4) is 0 Å². The van der Waals surface area contributed by atoms with E-state index in [4.69, 9.17) is 5.53 Å². The van der Waals surface area contributed by atoms with Gasteiger partial charge in [-0.3, -0.25) is 0 Å². The monoisotopic (exact) mass is 436 g/mol. The van der Waals surface area contributed by atoms with Crippen LogP contribution in [0.5, 0.6) is 0 Å². The SMILES string of the molecule is [N-]=[N+]=NCCc1ccc(-c2cc(C(F)(F)F)nn2NS(=O)(=O)c2ccccc2)cc1. The van der Waals surface area contributed by atoms with Crippen molar-refractivity contribution in [2.45, 2.75) is 17.5 Å². The molecule has 0 aliphatic rings. The fourth-order valence-corrected chi connectivity index (χ4v) is 3.61. The van der Waals surface area contributed by atoms with E-state index in [-0.39, 0.29) is 17.1 Å². The molecule has 8 nitrogen and oxygen atoms in total. The molecule has 1 aromatic heterocycles. The molecular formula is C18H15F3N6O2S. The molecule has 30 heavy (non-hydrogen) atoms. The van der Waals surface area contributed by atoms with Gasteiger partial charge in [0.15, 0.2) is 5.69 Å². The van der Waals surface area contributed by atoms with Crippen molar-refractivity contribution in [3.05, 3.63) is 82.4 Å². The minimum absolute atomic E-state index is 0.0802. The van der Waals surface area contributed by atoms with Crippen LogP contribution in [-0.4, -0.2) is 24.9 Å². The summed E-state index contributed by atoms with van der Waals surface area (Å²) >= 11 is 0. The third-order valence-corrected chi connectivity index (χ3v) is 5.38. The zero-order chi connectivity index (χ0) is 21.8. The largest absolute Gasteiger partial charge is 0.435 e. The van der Waals surface area contributed by atoms with Gasteiger partial charge in [0, 0.05) is 17.0 Å². The van der Waals surface area contributed by atoms with Gasteiger partial charge >= 0.3 is 6.18 Å². The average Bonchev–Trinajstić information content (AvgIpc) is 3.13. The van der Waals surface area contributed by atoms with Gasteiger partial charge in [-0.1, -0.05) is 47.6 Å². The molecule has 0 amide bonds. The fraction of sp³-hybridized carbons (Fsp3) is 0.167. The van der Waals surface area contributed by atoms with Crippen LogP contribution in [0, 0.1) is 0 Å². The molecule has 0 saturated carbocycles. The number of nitrogens with one attached hydrogen (secondary N) is 1. The lowest BCUT2D eigenvalue weighted by Crippen LogP contribution is -2.25. The topological polar surface area (TPSA) is 113 Å². The molecule has 3 aromatic rings. The number of nitrogens with zero attached hydrogens (tertiary/aromatic N) is 5. The van der Waals surface area contributed by atoms with E-state index in [0.717, 1.165) is 11.6 Å². The van der Waals surface area contributed by atoms with Gasteiger partial charge in [-0.15, -0.1) is 5.10 Å². The fourth-order valence-electron chi connectivity index (χ4n) is 2.63. The number of azide groups is 1. The maximum Gasteiger partial charge on any atom is 0.435 e. The number of aromatic nitrogens is 2. The predicted molar refractivity (Wildman–Crippen MR) is 103 cm³/mol. The Morgan fingerprint density at radius 2 is 1.77 bits per heavy atom. The summed E-state index contributed by atoms with van der Waals surface area (Å²) in [7, 11) is -4.16. The molecule has 3 rings (SSSR count). The van der Waals surface area contributed by atoms with Crippen molar-refractivity contribution in [3.63, 3.8) is 0 Å². The summed E-state index contributed by atoms with van der Waals surface area (Å²) in [5.41, 5.74) is 8.12. The standard InChI is InChI=1S/C18H15F3N6O2S/c19-18(20,21)17-12-16(14-8-6-13(7-9-14)10-11-23-25-22)27(24-17)26-30(28,29)15-4-2-1-3-5-15/h1-9,12,26H,10-11H2. The second kappa shape index (κ2) is 8.47. The van der Waals surface area contributed by atoms with Crippen molar-refractivity contribution in [1.29, 1.82) is 0 Å². The van der Waals surface area contributed by atoms with Gasteiger partial charge in [-0.25, -0.2) is 0 Å². The van der Waals surface area contributed by atoms with Gasteiger partial charge in [0.25, 0.3) is 10.0 Å². The van der Waals surface area contributed by atoms with Crippen LogP contribution in [0.15, 0.2) is 70.7 Å². The summed E-state index contributed by atoms with van der Waals surface area (Å²) in [5, 5.41) is 6.82. The molecule has 0 radical (unpaired) electrons. The van der Waals surface area contributed by atoms with Crippen LogP contribution in [-0.2, 0) is 22.6 Å². The van der Waals surface area contributed by atoms with Crippen molar-refractivity contribution in [2.75, 3.05) is 11.4 Å². The Morgan fingerprint density at radius 3 is 2.37 bits per heavy atom. The van der Waals surface area contributed by atoms with Crippen molar-refractivity contribution >= 4 is 10.0 Å². The molecule has 1 N–H and O–H groups in total. The first-order valence-electron chi connectivity index (χ1n) is 8.56. The highest BCUT2D eigenvalue weighted by atomic mass is 32.2. The minimum atomic E-state index is -4.76. The molecule has 0 unspecified atom stereocenters. The van der Waals surface area contributed by atoms with E-state index in [2.05, 4.69) is 20.0 Å². The maximum atomic E-state index is 13.2. The second-order valence-corrected chi connectivity index (χ2v) is 7.79. The van der Waals surface area contributed by atoms with Crippen molar-refractivity contribution < 1.29 is 21.6 Å². The van der Waals surface area contributed by atoms with Crippen molar-refractivity contribution in [1.82, 2.24) is 9.89 Å². The van der Waals surface area contributed by atoms with Crippen LogP contribution in [0.4, 0.5) is 13.2 Å². The van der Waals surface area contributed by atoms with Gasteiger partial charge in [0.05, 0.1) is 10.6 Å². The molecule has 1 heterocycles. The highest BCUT2D eigenvalue weighted by molar-refractivity contribution is 7.92. The van der Waals surface area contributed by atoms with Gasteiger partial charge < -0.3 is 0 Å². The zero-order valence-electron chi connectivity index (χ0n) is 15.3. The summed E-state index contributed by atoms with van der Waals surface area (Å²) in [6.45, 7) is 0.239. The van der Waals surface area contributed by atoms with Crippen LogP contribution < -0.4 is 4.83 Å². The molecule has 0 fully saturated rings. The molecular weight excluding hydrogens is 421 g/mol. The van der Waals surface area contributed by atoms with E-state index >= 15 is 0 Å². The summed E-state index contributed by atoms with van der Waals surface area (Å²) in [6.07, 6.45) is -4.30. The number of rotatable bonds is 7. The molecule has 12 heteroatoms. The zero-order valence-corrected chi connectivity index (χ0v) is 16.1. The lowest BCUT2D eigenvalue weighted by Gasteiger charge is -2.11. The number of alkyl halides is 3.